The lowest BCUT2D eigenvalue weighted by atomic mass is 10.0. The highest BCUT2D eigenvalue weighted by molar-refractivity contribution is 7.80. The monoisotopic (exact) mass is 401 g/mol. The number of phenols is 1. The Balaban J connectivity index is 1.88. The van der Waals surface area contributed by atoms with Gasteiger partial charge in [0.1, 0.15) is 5.75 Å². The van der Waals surface area contributed by atoms with Gasteiger partial charge in [0.25, 0.3) is 0 Å². The van der Waals surface area contributed by atoms with Crippen LogP contribution in [0.2, 0.25) is 5.02 Å². The predicted octanol–water partition coefficient (Wildman–Crippen LogP) is 4.99. The van der Waals surface area contributed by atoms with Gasteiger partial charge in [-0.2, -0.15) is 0 Å². The maximum absolute atomic E-state index is 10.5. The van der Waals surface area contributed by atoms with Crippen LogP contribution in [-0.4, -0.2) is 15.2 Å². The first-order valence-corrected chi connectivity index (χ1v) is 9.76. The molecule has 0 unspecified atom stereocenters. The Morgan fingerprint density at radius 2 is 2.12 bits per heavy atom. The summed E-state index contributed by atoms with van der Waals surface area (Å²) in [6.07, 6.45) is 1.78. The molecule has 0 saturated carbocycles. The number of anilines is 1. The number of rotatable bonds is 3. The molecule has 0 bridgehead atoms. The number of thiophene rings is 1. The van der Waals surface area contributed by atoms with E-state index in [1.807, 2.05) is 23.1 Å². The zero-order valence-electron chi connectivity index (χ0n) is 13.9. The summed E-state index contributed by atoms with van der Waals surface area (Å²) in [5.74, 6) is 0.138. The highest BCUT2D eigenvalue weighted by Gasteiger charge is 2.42. The number of hydrogen-bond acceptors (Lipinski definition) is 4. The molecule has 0 aliphatic carbocycles. The van der Waals surface area contributed by atoms with E-state index in [1.54, 1.807) is 35.7 Å². The summed E-state index contributed by atoms with van der Waals surface area (Å²) in [6.45, 7) is 2.08. The summed E-state index contributed by atoms with van der Waals surface area (Å²) < 4.78 is 0. The van der Waals surface area contributed by atoms with Crippen molar-refractivity contribution in [2.24, 2.45) is 0 Å². The molecule has 1 aliphatic heterocycles. The van der Waals surface area contributed by atoms with Gasteiger partial charge in [0.15, 0.2) is 5.11 Å². The molecule has 1 aliphatic rings. The summed E-state index contributed by atoms with van der Waals surface area (Å²) in [5.41, 5.74) is 2.67. The molecule has 132 valence electrons. The van der Waals surface area contributed by atoms with Crippen LogP contribution in [-0.2, 0) is 0 Å². The van der Waals surface area contributed by atoms with Gasteiger partial charge in [0.05, 0.1) is 23.5 Å². The van der Waals surface area contributed by atoms with Gasteiger partial charge in [0, 0.05) is 16.1 Å². The van der Waals surface area contributed by atoms with E-state index in [2.05, 4.69) is 28.7 Å². The van der Waals surface area contributed by atoms with Gasteiger partial charge in [0.2, 0.25) is 0 Å². The second kappa shape index (κ2) is 6.87. The Morgan fingerprint density at radius 1 is 1.27 bits per heavy atom. The second-order valence-electron chi connectivity index (χ2n) is 6.10. The molecule has 3 aromatic rings. The minimum atomic E-state index is -0.126. The maximum atomic E-state index is 10.5. The summed E-state index contributed by atoms with van der Waals surface area (Å²) >= 11 is 13.5. The number of phenolic OH excluding ortho intramolecular Hbond substituents is 1. The third-order valence-electron chi connectivity index (χ3n) is 4.47. The summed E-state index contributed by atoms with van der Waals surface area (Å²) in [7, 11) is 0. The topological polar surface area (TPSA) is 48.4 Å². The van der Waals surface area contributed by atoms with E-state index in [-0.39, 0.29) is 17.8 Å². The lowest BCUT2D eigenvalue weighted by Crippen LogP contribution is -2.29. The Kier molecular flexibility index (Phi) is 4.56. The third kappa shape index (κ3) is 2.94. The summed E-state index contributed by atoms with van der Waals surface area (Å²) in [6, 6.07) is 12.7. The van der Waals surface area contributed by atoms with Crippen LogP contribution < -0.4 is 10.2 Å². The van der Waals surface area contributed by atoms with Crippen LogP contribution in [0.1, 0.15) is 28.2 Å². The number of aryl methyl sites for hydroxylation is 1. The van der Waals surface area contributed by atoms with Crippen molar-refractivity contribution in [3.05, 3.63) is 75.2 Å². The Morgan fingerprint density at radius 3 is 2.81 bits per heavy atom. The fraction of sp³-hybridized carbons (Fsp3) is 0.158. The standard InChI is InChI=1S/C19H16ClN3OS2/c1-11-7-9-26-18(11)17-16(13-4-2-3-8-21-13)22-19(25)23(17)14-10-12(20)5-6-15(14)24/h2-10,16-17,24H,1H3,(H,22,25)/t16-,17+/m1/s1. The van der Waals surface area contributed by atoms with Crippen molar-refractivity contribution < 1.29 is 5.11 Å². The van der Waals surface area contributed by atoms with Crippen molar-refractivity contribution in [1.82, 2.24) is 10.3 Å². The van der Waals surface area contributed by atoms with E-state index in [4.69, 9.17) is 23.8 Å². The predicted molar refractivity (Wildman–Crippen MR) is 110 cm³/mol. The molecular weight excluding hydrogens is 386 g/mol. The minimum absolute atomic E-state index is 0.123. The number of aromatic nitrogens is 1. The molecule has 0 amide bonds. The van der Waals surface area contributed by atoms with Gasteiger partial charge in [-0.15, -0.1) is 11.3 Å². The summed E-state index contributed by atoms with van der Waals surface area (Å²) in [4.78, 5) is 7.63. The largest absolute Gasteiger partial charge is 0.506 e. The Labute approximate surface area is 166 Å². The van der Waals surface area contributed by atoms with Crippen LogP contribution in [0, 0.1) is 6.92 Å². The Bertz CT molecular complexity index is 960. The molecule has 2 N–H and O–H groups in total. The van der Waals surface area contributed by atoms with E-state index >= 15 is 0 Å². The van der Waals surface area contributed by atoms with E-state index < -0.39 is 0 Å². The molecule has 7 heteroatoms. The van der Waals surface area contributed by atoms with Crippen molar-refractivity contribution in [3.63, 3.8) is 0 Å². The van der Waals surface area contributed by atoms with Gasteiger partial charge in [-0.1, -0.05) is 17.7 Å². The highest BCUT2D eigenvalue weighted by Crippen LogP contribution is 2.46. The molecule has 0 radical (unpaired) electrons. The third-order valence-corrected chi connectivity index (χ3v) is 6.10. The number of halogens is 1. The average molecular weight is 402 g/mol. The van der Waals surface area contributed by atoms with Crippen molar-refractivity contribution in [3.8, 4) is 5.75 Å². The molecule has 0 spiro atoms. The number of aromatic hydroxyl groups is 1. The van der Waals surface area contributed by atoms with Gasteiger partial charge >= 0.3 is 0 Å². The quantitative estimate of drug-likeness (QED) is 0.605. The fourth-order valence-corrected chi connectivity index (χ4v) is 4.82. The molecule has 1 fully saturated rings. The SMILES string of the molecule is Cc1ccsc1[C@@H]1[C@@H](c2ccccn2)NC(=S)N1c1cc(Cl)ccc1O. The van der Waals surface area contributed by atoms with Crippen molar-refractivity contribution >= 4 is 46.0 Å². The number of pyridine rings is 1. The van der Waals surface area contributed by atoms with Crippen LogP contribution >= 0.6 is 35.2 Å². The van der Waals surface area contributed by atoms with Crippen LogP contribution in [0.4, 0.5) is 5.69 Å². The maximum Gasteiger partial charge on any atom is 0.174 e. The number of nitrogens with zero attached hydrogens (tertiary/aromatic N) is 2. The van der Waals surface area contributed by atoms with Crippen molar-refractivity contribution in [2.75, 3.05) is 4.90 Å². The Hall–Kier alpha value is -2.15. The molecule has 2 atom stereocenters. The van der Waals surface area contributed by atoms with Crippen LogP contribution in [0.3, 0.4) is 0 Å². The zero-order valence-corrected chi connectivity index (χ0v) is 16.3. The lowest BCUT2D eigenvalue weighted by Gasteiger charge is -2.28. The van der Waals surface area contributed by atoms with Crippen LogP contribution in [0.15, 0.2) is 54.0 Å². The molecule has 4 rings (SSSR count). The van der Waals surface area contributed by atoms with E-state index in [1.165, 1.54) is 10.4 Å². The molecule has 4 nitrogen and oxygen atoms in total. The van der Waals surface area contributed by atoms with Gasteiger partial charge in [-0.05, 0) is 66.5 Å². The van der Waals surface area contributed by atoms with Gasteiger partial charge in [-0.3, -0.25) is 4.98 Å². The number of hydrogen-bond donors (Lipinski definition) is 2. The second-order valence-corrected chi connectivity index (χ2v) is 7.87. The molecule has 3 heterocycles. The van der Waals surface area contributed by atoms with E-state index in [0.717, 1.165) is 5.69 Å². The fourth-order valence-electron chi connectivity index (χ4n) is 3.26. The van der Waals surface area contributed by atoms with Gasteiger partial charge < -0.3 is 15.3 Å². The first kappa shape index (κ1) is 17.3. The molecule has 1 saturated heterocycles. The van der Waals surface area contributed by atoms with Crippen LogP contribution in [0.5, 0.6) is 5.75 Å². The molecule has 1 aromatic carbocycles. The van der Waals surface area contributed by atoms with E-state index in [0.29, 0.717) is 15.8 Å². The number of benzene rings is 1. The van der Waals surface area contributed by atoms with E-state index in [9.17, 15) is 5.11 Å². The van der Waals surface area contributed by atoms with Gasteiger partial charge in [-0.25, -0.2) is 0 Å². The number of nitrogens with one attached hydrogen (secondary N) is 1. The first-order chi connectivity index (χ1) is 12.6. The molecular formula is C19H16ClN3OS2. The average Bonchev–Trinajstić information content (AvgIpc) is 3.20. The zero-order chi connectivity index (χ0) is 18.3. The highest BCUT2D eigenvalue weighted by atomic mass is 35.5. The first-order valence-electron chi connectivity index (χ1n) is 8.09. The van der Waals surface area contributed by atoms with Crippen molar-refractivity contribution in [2.45, 2.75) is 19.0 Å². The smallest absolute Gasteiger partial charge is 0.174 e. The number of thiocarbonyl (C=S) groups is 1. The lowest BCUT2D eigenvalue weighted by molar-refractivity contribution is 0.473. The van der Waals surface area contributed by atoms with Crippen LogP contribution in [0.25, 0.3) is 0 Å². The van der Waals surface area contributed by atoms with Crippen molar-refractivity contribution in [1.29, 1.82) is 0 Å². The summed E-state index contributed by atoms with van der Waals surface area (Å²) in [5, 5.41) is 17.0. The molecule has 26 heavy (non-hydrogen) atoms. The normalized spacial score (nSPS) is 19.6. The molecule has 2 aromatic heterocycles. The minimum Gasteiger partial charge on any atom is -0.506 e.